The van der Waals surface area contributed by atoms with Crippen LogP contribution in [0.1, 0.15) is 37.3 Å². The fourth-order valence-electron chi connectivity index (χ4n) is 2.08. The third kappa shape index (κ3) is 6.29. The molecule has 5 heteroatoms. The molecular formula is C16H25N3O2. The number of nitrogens with two attached hydrogens (primary N) is 1. The largest absolute Gasteiger partial charge is 0.352 e. The highest BCUT2D eigenvalue weighted by Crippen LogP contribution is 2.12. The first-order valence-corrected chi connectivity index (χ1v) is 7.40. The van der Waals surface area contributed by atoms with E-state index in [1.807, 2.05) is 36.1 Å². The van der Waals surface area contributed by atoms with Gasteiger partial charge in [-0.3, -0.25) is 4.79 Å². The first-order valence-electron chi connectivity index (χ1n) is 7.40. The molecule has 1 aromatic carbocycles. The number of aryl methyl sites for hydroxylation is 1. The number of benzene rings is 1. The smallest absolute Gasteiger partial charge is 0.312 e. The van der Waals surface area contributed by atoms with E-state index in [0.29, 0.717) is 6.54 Å². The summed E-state index contributed by atoms with van der Waals surface area (Å²) in [6.45, 7) is 5.78. The molecule has 0 aromatic heterocycles. The fraction of sp³-hybridized carbons (Fsp3) is 0.500. The highest BCUT2D eigenvalue weighted by atomic mass is 16.2. The Morgan fingerprint density at radius 1 is 1.29 bits per heavy atom. The van der Waals surface area contributed by atoms with E-state index < -0.39 is 6.03 Å². The van der Waals surface area contributed by atoms with Crippen LogP contribution in [0.4, 0.5) is 4.79 Å². The first kappa shape index (κ1) is 17.0. The second-order valence-corrected chi connectivity index (χ2v) is 5.14. The van der Waals surface area contributed by atoms with Gasteiger partial charge >= 0.3 is 6.03 Å². The Hall–Kier alpha value is -2.04. The van der Waals surface area contributed by atoms with Crippen LogP contribution < -0.4 is 11.1 Å². The van der Waals surface area contributed by atoms with Crippen LogP contribution in [0.5, 0.6) is 0 Å². The van der Waals surface area contributed by atoms with Crippen molar-refractivity contribution in [2.24, 2.45) is 5.73 Å². The molecule has 0 radical (unpaired) electrons. The van der Waals surface area contributed by atoms with Crippen LogP contribution >= 0.6 is 0 Å². The van der Waals surface area contributed by atoms with Crippen LogP contribution in [0, 0.1) is 6.92 Å². The molecule has 0 heterocycles. The number of amides is 3. The molecule has 21 heavy (non-hydrogen) atoms. The van der Waals surface area contributed by atoms with Gasteiger partial charge in [0.15, 0.2) is 0 Å². The van der Waals surface area contributed by atoms with Gasteiger partial charge in [0.25, 0.3) is 0 Å². The van der Waals surface area contributed by atoms with E-state index in [1.165, 1.54) is 5.56 Å². The highest BCUT2D eigenvalue weighted by molar-refractivity contribution is 5.77. The topological polar surface area (TPSA) is 75.4 Å². The predicted octanol–water partition coefficient (Wildman–Crippen LogP) is 2.18. The van der Waals surface area contributed by atoms with Crippen molar-refractivity contribution in [1.29, 1.82) is 0 Å². The normalized spacial score (nSPS) is 10.2. The maximum atomic E-state index is 12.3. The monoisotopic (exact) mass is 291 g/mol. The van der Waals surface area contributed by atoms with Crippen molar-refractivity contribution in [3.63, 3.8) is 0 Å². The highest BCUT2D eigenvalue weighted by Gasteiger charge is 2.14. The van der Waals surface area contributed by atoms with Gasteiger partial charge in [-0.25, -0.2) is 4.79 Å². The summed E-state index contributed by atoms with van der Waals surface area (Å²) in [5.41, 5.74) is 7.34. The number of carbonyl (C=O) groups excluding carboxylic acids is 2. The molecule has 0 bridgehead atoms. The van der Waals surface area contributed by atoms with Gasteiger partial charge in [-0.2, -0.15) is 0 Å². The van der Waals surface area contributed by atoms with Crippen LogP contribution in [0.2, 0.25) is 0 Å². The van der Waals surface area contributed by atoms with E-state index in [-0.39, 0.29) is 18.9 Å². The summed E-state index contributed by atoms with van der Waals surface area (Å²) >= 11 is 0. The van der Waals surface area contributed by atoms with Crippen LogP contribution in [0.15, 0.2) is 24.3 Å². The van der Waals surface area contributed by atoms with E-state index in [2.05, 4.69) is 12.2 Å². The summed E-state index contributed by atoms with van der Waals surface area (Å²) in [4.78, 5) is 24.8. The van der Waals surface area contributed by atoms with E-state index in [0.717, 1.165) is 24.9 Å². The summed E-state index contributed by atoms with van der Waals surface area (Å²) in [5, 5.41) is 2.45. The number of nitrogens with one attached hydrogen (secondary N) is 1. The molecule has 0 aliphatic carbocycles. The van der Waals surface area contributed by atoms with E-state index in [9.17, 15) is 9.59 Å². The molecule has 0 saturated heterocycles. The van der Waals surface area contributed by atoms with Gasteiger partial charge in [-0.05, 0) is 24.5 Å². The minimum atomic E-state index is -0.596. The molecule has 0 aliphatic heterocycles. The SMILES string of the molecule is CCCCN(Cc1ccccc1C)C(=O)CCNC(N)=O. The average molecular weight is 291 g/mol. The van der Waals surface area contributed by atoms with Crippen molar-refractivity contribution >= 4 is 11.9 Å². The second kappa shape index (κ2) is 9.00. The molecule has 5 nitrogen and oxygen atoms in total. The van der Waals surface area contributed by atoms with Crippen LogP contribution in [0.25, 0.3) is 0 Å². The van der Waals surface area contributed by atoms with E-state index in [1.54, 1.807) is 0 Å². The number of hydrogen-bond donors (Lipinski definition) is 2. The summed E-state index contributed by atoms with van der Waals surface area (Å²) < 4.78 is 0. The van der Waals surface area contributed by atoms with Crippen molar-refractivity contribution in [2.75, 3.05) is 13.1 Å². The standard InChI is InChI=1S/C16H25N3O2/c1-3-4-11-19(15(20)9-10-18-16(17)21)12-14-8-6-5-7-13(14)2/h5-8H,3-4,9-12H2,1-2H3,(H3,17,18,21). The third-order valence-corrected chi connectivity index (χ3v) is 3.39. The minimum absolute atomic E-state index is 0.0421. The zero-order chi connectivity index (χ0) is 15.7. The zero-order valence-corrected chi connectivity index (χ0v) is 12.9. The maximum absolute atomic E-state index is 12.3. The molecule has 0 unspecified atom stereocenters. The van der Waals surface area contributed by atoms with Crippen LogP contribution in [0.3, 0.4) is 0 Å². The van der Waals surface area contributed by atoms with Gasteiger partial charge < -0.3 is 16.0 Å². The molecule has 0 saturated carbocycles. The van der Waals surface area contributed by atoms with Crippen molar-refractivity contribution in [1.82, 2.24) is 10.2 Å². The molecule has 3 amide bonds. The first-order chi connectivity index (χ1) is 10.0. The van der Waals surface area contributed by atoms with Gasteiger partial charge in [0, 0.05) is 26.1 Å². The Balaban J connectivity index is 2.64. The fourth-order valence-corrected chi connectivity index (χ4v) is 2.08. The molecule has 0 atom stereocenters. The second-order valence-electron chi connectivity index (χ2n) is 5.14. The molecule has 0 fully saturated rings. The van der Waals surface area contributed by atoms with Gasteiger partial charge in [-0.15, -0.1) is 0 Å². The van der Waals surface area contributed by atoms with Crippen molar-refractivity contribution in [3.05, 3.63) is 35.4 Å². The molecule has 116 valence electrons. The average Bonchev–Trinajstić information content (AvgIpc) is 2.44. The Morgan fingerprint density at radius 3 is 2.62 bits per heavy atom. The van der Waals surface area contributed by atoms with Gasteiger partial charge in [-0.1, -0.05) is 37.6 Å². The summed E-state index contributed by atoms with van der Waals surface area (Å²) in [5.74, 6) is 0.0421. The van der Waals surface area contributed by atoms with Gasteiger partial charge in [0.1, 0.15) is 0 Å². The molecule has 0 aliphatic rings. The van der Waals surface area contributed by atoms with E-state index in [4.69, 9.17) is 5.73 Å². The van der Waals surface area contributed by atoms with E-state index >= 15 is 0 Å². The third-order valence-electron chi connectivity index (χ3n) is 3.39. The number of carbonyl (C=O) groups is 2. The maximum Gasteiger partial charge on any atom is 0.312 e. The predicted molar refractivity (Wildman–Crippen MR) is 83.7 cm³/mol. The van der Waals surface area contributed by atoms with Gasteiger partial charge in [0.2, 0.25) is 5.91 Å². The molecule has 1 aromatic rings. The number of nitrogens with zero attached hydrogens (tertiary/aromatic N) is 1. The zero-order valence-electron chi connectivity index (χ0n) is 12.9. The number of hydrogen-bond acceptors (Lipinski definition) is 2. The lowest BCUT2D eigenvalue weighted by Crippen LogP contribution is -2.36. The quantitative estimate of drug-likeness (QED) is 0.770. The summed E-state index contributed by atoms with van der Waals surface area (Å²) in [6.07, 6.45) is 2.29. The van der Waals surface area contributed by atoms with Crippen molar-refractivity contribution in [3.8, 4) is 0 Å². The molecule has 1 rings (SSSR count). The Morgan fingerprint density at radius 2 is 2.00 bits per heavy atom. The lowest BCUT2D eigenvalue weighted by atomic mass is 10.1. The Labute approximate surface area is 126 Å². The van der Waals surface area contributed by atoms with Crippen LogP contribution in [-0.4, -0.2) is 29.9 Å². The minimum Gasteiger partial charge on any atom is -0.352 e. The Kier molecular flexibility index (Phi) is 7.29. The summed E-state index contributed by atoms with van der Waals surface area (Å²) in [7, 11) is 0. The van der Waals surface area contributed by atoms with Gasteiger partial charge in [0.05, 0.1) is 0 Å². The Bertz CT molecular complexity index is 474. The van der Waals surface area contributed by atoms with Crippen molar-refractivity contribution in [2.45, 2.75) is 39.7 Å². The number of rotatable bonds is 8. The molecule has 3 N–H and O–H groups in total. The number of unbranched alkanes of at least 4 members (excludes halogenated alkanes) is 1. The molecule has 0 spiro atoms. The van der Waals surface area contributed by atoms with Crippen LogP contribution in [-0.2, 0) is 11.3 Å². The lowest BCUT2D eigenvalue weighted by Gasteiger charge is -2.23. The lowest BCUT2D eigenvalue weighted by molar-refractivity contribution is -0.131. The van der Waals surface area contributed by atoms with Crippen molar-refractivity contribution < 1.29 is 9.59 Å². The summed E-state index contributed by atoms with van der Waals surface area (Å²) in [6, 6.07) is 7.48. The number of urea groups is 1. The number of primary amides is 1. The molecular weight excluding hydrogens is 266 g/mol.